The summed E-state index contributed by atoms with van der Waals surface area (Å²) in [7, 11) is 1.66. The molecular weight excluding hydrogens is 482 g/mol. The van der Waals surface area contributed by atoms with Crippen LogP contribution in [0.15, 0.2) is 21.3 Å². The first-order valence-electron chi connectivity index (χ1n) is 10.3. The van der Waals surface area contributed by atoms with Crippen molar-refractivity contribution in [3.05, 3.63) is 33.8 Å². The van der Waals surface area contributed by atoms with E-state index in [-0.39, 0.29) is 42.9 Å². The molecule has 0 aromatic carbocycles. The quantitative estimate of drug-likeness (QED) is 0.635. The number of hydrogen-bond donors (Lipinski definition) is 2. The summed E-state index contributed by atoms with van der Waals surface area (Å²) >= 11 is 3.35. The van der Waals surface area contributed by atoms with Crippen LogP contribution in [0.25, 0.3) is 0 Å². The van der Waals surface area contributed by atoms with Gasteiger partial charge in [-0.2, -0.15) is 0 Å². The Bertz CT molecular complexity index is 977. The smallest absolute Gasteiger partial charge is 0.321 e. The van der Waals surface area contributed by atoms with Crippen LogP contribution in [0.5, 0.6) is 5.88 Å². The summed E-state index contributed by atoms with van der Waals surface area (Å²) in [6.45, 7) is 7.65. The van der Waals surface area contributed by atoms with Gasteiger partial charge >= 0.3 is 6.03 Å². The predicted octanol–water partition coefficient (Wildman–Crippen LogP) is 2.83. The van der Waals surface area contributed by atoms with Gasteiger partial charge in [-0.05, 0) is 42.8 Å². The summed E-state index contributed by atoms with van der Waals surface area (Å²) < 4.78 is 11.9. The maximum Gasteiger partial charge on any atom is 0.321 e. The number of carbonyl (C=O) groups is 2. The highest BCUT2D eigenvalue weighted by Crippen LogP contribution is 2.28. The summed E-state index contributed by atoms with van der Waals surface area (Å²) in [4.78, 5) is 33.4. The monoisotopic (exact) mass is 509 g/mol. The van der Waals surface area contributed by atoms with Crippen molar-refractivity contribution in [2.24, 2.45) is 5.92 Å². The molecule has 1 aliphatic heterocycles. The second-order valence-electron chi connectivity index (χ2n) is 8.14. The van der Waals surface area contributed by atoms with Crippen molar-refractivity contribution in [1.82, 2.24) is 19.9 Å². The normalized spacial score (nSPS) is 19.5. The number of ether oxygens (including phenoxy) is 1. The lowest BCUT2D eigenvalue weighted by Crippen LogP contribution is -2.50. The highest BCUT2D eigenvalue weighted by molar-refractivity contribution is 9.10. The van der Waals surface area contributed by atoms with Crippen LogP contribution in [-0.4, -0.2) is 75.9 Å². The Morgan fingerprint density at radius 2 is 2.19 bits per heavy atom. The molecule has 0 radical (unpaired) electrons. The fourth-order valence-electron chi connectivity index (χ4n) is 3.51. The van der Waals surface area contributed by atoms with Gasteiger partial charge in [0.2, 0.25) is 5.88 Å². The molecule has 3 amide bonds. The average Bonchev–Trinajstić information content (AvgIpc) is 3.08. The predicted molar refractivity (Wildman–Crippen MR) is 121 cm³/mol. The zero-order valence-corrected chi connectivity index (χ0v) is 20.3. The molecule has 0 aliphatic carbocycles. The van der Waals surface area contributed by atoms with Crippen molar-refractivity contribution in [3.8, 4) is 5.88 Å². The summed E-state index contributed by atoms with van der Waals surface area (Å²) in [6, 6.07) is 0.942. The van der Waals surface area contributed by atoms with E-state index in [0.717, 1.165) is 0 Å². The number of pyridine rings is 1. The highest BCUT2D eigenvalue weighted by Gasteiger charge is 2.34. The molecule has 0 saturated heterocycles. The summed E-state index contributed by atoms with van der Waals surface area (Å²) in [5, 5.41) is 16.3. The van der Waals surface area contributed by atoms with Crippen LogP contribution in [0.4, 0.5) is 10.5 Å². The third-order valence-electron chi connectivity index (χ3n) is 5.55. The Kier molecular flexibility index (Phi) is 7.40. The summed E-state index contributed by atoms with van der Waals surface area (Å²) in [6.07, 6.45) is 1.12. The van der Waals surface area contributed by atoms with Crippen molar-refractivity contribution in [2.45, 2.75) is 39.8 Å². The summed E-state index contributed by atoms with van der Waals surface area (Å²) in [5.74, 6) is 0.325. The number of likely N-dealkylation sites (N-methyl/N-ethyl adjacent to an activating group) is 1. The Balaban J connectivity index is 1.84. The number of carbonyl (C=O) groups excluding carboxylic acids is 2. The molecular formula is C21H28BrN5O5. The molecule has 0 spiro atoms. The second kappa shape index (κ2) is 9.86. The molecule has 3 atom stereocenters. The van der Waals surface area contributed by atoms with E-state index in [1.165, 1.54) is 4.90 Å². The van der Waals surface area contributed by atoms with E-state index in [1.807, 2.05) is 6.92 Å². The minimum absolute atomic E-state index is 0.138. The van der Waals surface area contributed by atoms with Crippen molar-refractivity contribution >= 4 is 33.6 Å². The van der Waals surface area contributed by atoms with Gasteiger partial charge in [-0.1, -0.05) is 12.1 Å². The first kappa shape index (κ1) is 24.0. The van der Waals surface area contributed by atoms with E-state index in [9.17, 15) is 14.7 Å². The first-order chi connectivity index (χ1) is 15.1. The first-order valence-corrected chi connectivity index (χ1v) is 11.1. The van der Waals surface area contributed by atoms with Gasteiger partial charge in [0, 0.05) is 30.2 Å². The number of aryl methyl sites for hydroxylation is 2. The number of hydrogen-bond acceptors (Lipinski definition) is 7. The molecule has 32 heavy (non-hydrogen) atoms. The van der Waals surface area contributed by atoms with Gasteiger partial charge in [0.05, 0.1) is 19.2 Å². The molecule has 0 bridgehead atoms. The molecule has 1 aliphatic rings. The summed E-state index contributed by atoms with van der Waals surface area (Å²) in [5.41, 5.74) is 1.44. The number of nitrogens with one attached hydrogen (secondary N) is 1. The number of amides is 3. The maximum absolute atomic E-state index is 13.2. The number of fused-ring (bicyclic) bond motifs is 1. The molecule has 0 fully saturated rings. The third kappa shape index (κ3) is 5.04. The van der Waals surface area contributed by atoms with Gasteiger partial charge in [0.1, 0.15) is 23.0 Å². The lowest BCUT2D eigenvalue weighted by atomic mass is 10.0. The minimum Gasteiger partial charge on any atom is -0.472 e. The van der Waals surface area contributed by atoms with Gasteiger partial charge < -0.3 is 29.5 Å². The topological polar surface area (TPSA) is 121 Å². The number of rotatable bonds is 5. The van der Waals surface area contributed by atoms with Crippen molar-refractivity contribution in [1.29, 1.82) is 0 Å². The van der Waals surface area contributed by atoms with Gasteiger partial charge in [-0.25, -0.2) is 9.78 Å². The van der Waals surface area contributed by atoms with Crippen molar-refractivity contribution < 1.29 is 24.0 Å². The third-order valence-corrected chi connectivity index (χ3v) is 5.99. The number of aliphatic hydroxyl groups excluding tert-OH is 1. The van der Waals surface area contributed by atoms with E-state index < -0.39 is 6.10 Å². The Morgan fingerprint density at radius 3 is 2.81 bits per heavy atom. The number of nitrogens with zero attached hydrogens (tertiary/aromatic N) is 4. The number of aromatic nitrogens is 2. The fourth-order valence-corrected chi connectivity index (χ4v) is 3.84. The number of anilines is 1. The number of aliphatic hydroxyl groups is 1. The number of urea groups is 1. The van der Waals surface area contributed by atoms with Gasteiger partial charge in [-0.15, -0.1) is 0 Å². The van der Waals surface area contributed by atoms with Gasteiger partial charge in [0.25, 0.3) is 5.91 Å². The van der Waals surface area contributed by atoms with Crippen LogP contribution in [0.1, 0.15) is 35.7 Å². The average molecular weight is 510 g/mol. The molecule has 10 nitrogen and oxygen atoms in total. The Labute approximate surface area is 195 Å². The van der Waals surface area contributed by atoms with Crippen molar-refractivity contribution in [2.75, 3.05) is 32.1 Å². The molecule has 3 heterocycles. The maximum atomic E-state index is 13.2. The van der Waals surface area contributed by atoms with Crippen LogP contribution in [-0.2, 0) is 0 Å². The van der Waals surface area contributed by atoms with Crippen LogP contribution in [0.3, 0.4) is 0 Å². The molecule has 0 saturated carbocycles. The van der Waals surface area contributed by atoms with E-state index in [1.54, 1.807) is 45.0 Å². The standard InChI is InChI=1S/C21H28BrN5O5/c1-11-8-27(12(2)10-28)20(29)16-6-15(22)7-23-19(16)31-17(11)9-26(5)21(30)24-18-13(3)25-32-14(18)4/h6-7,11-12,17,28H,8-10H2,1-5H3,(H,24,30)/t11-,12+,17+/m1/s1. The zero-order valence-electron chi connectivity index (χ0n) is 18.8. The van der Waals surface area contributed by atoms with E-state index in [0.29, 0.717) is 33.7 Å². The molecule has 174 valence electrons. The van der Waals surface area contributed by atoms with Crippen LogP contribution < -0.4 is 10.1 Å². The largest absolute Gasteiger partial charge is 0.472 e. The zero-order chi connectivity index (χ0) is 23.6. The van der Waals surface area contributed by atoms with Crippen LogP contribution in [0.2, 0.25) is 0 Å². The second-order valence-corrected chi connectivity index (χ2v) is 9.05. The highest BCUT2D eigenvalue weighted by atomic mass is 79.9. The van der Waals surface area contributed by atoms with Gasteiger partial charge in [0.15, 0.2) is 5.76 Å². The molecule has 0 unspecified atom stereocenters. The van der Waals surface area contributed by atoms with E-state index in [2.05, 4.69) is 31.4 Å². The molecule has 11 heteroatoms. The minimum atomic E-state index is -0.440. The molecule has 2 aromatic rings. The molecule has 2 aromatic heterocycles. The van der Waals surface area contributed by atoms with Crippen LogP contribution in [0, 0.1) is 19.8 Å². The Hall–Kier alpha value is -2.66. The fraction of sp³-hybridized carbons (Fsp3) is 0.524. The molecule has 3 rings (SSSR count). The number of halogens is 1. The SMILES string of the molecule is Cc1noc(C)c1NC(=O)N(C)C[C@@H]1Oc2ncc(Br)cc2C(=O)N([C@@H](C)CO)C[C@H]1C. The lowest BCUT2D eigenvalue weighted by Gasteiger charge is -2.37. The lowest BCUT2D eigenvalue weighted by molar-refractivity contribution is 0.0356. The van der Waals surface area contributed by atoms with E-state index >= 15 is 0 Å². The Morgan fingerprint density at radius 1 is 1.47 bits per heavy atom. The van der Waals surface area contributed by atoms with Crippen LogP contribution >= 0.6 is 15.9 Å². The van der Waals surface area contributed by atoms with E-state index in [4.69, 9.17) is 9.26 Å². The molecule has 2 N–H and O–H groups in total. The van der Waals surface area contributed by atoms with Gasteiger partial charge in [-0.3, -0.25) is 4.79 Å². The van der Waals surface area contributed by atoms with Crippen molar-refractivity contribution in [3.63, 3.8) is 0 Å².